The predicted molar refractivity (Wildman–Crippen MR) is 95.7 cm³/mol. The fourth-order valence-electron chi connectivity index (χ4n) is 2.50. The Bertz CT molecular complexity index is 871. The lowest BCUT2D eigenvalue weighted by Gasteiger charge is -2.09. The Morgan fingerprint density at radius 1 is 1.20 bits per heavy atom. The van der Waals surface area contributed by atoms with Gasteiger partial charge in [-0.3, -0.25) is 4.79 Å². The first kappa shape index (κ1) is 16.9. The molecule has 6 nitrogen and oxygen atoms in total. The van der Waals surface area contributed by atoms with E-state index < -0.39 is 5.97 Å². The van der Waals surface area contributed by atoms with Gasteiger partial charge in [0.1, 0.15) is 5.69 Å². The van der Waals surface area contributed by atoms with E-state index in [9.17, 15) is 9.59 Å². The second kappa shape index (κ2) is 7.76. The Morgan fingerprint density at radius 3 is 2.72 bits per heavy atom. The number of esters is 1. The normalized spacial score (nSPS) is 10.4. The summed E-state index contributed by atoms with van der Waals surface area (Å²) in [5.41, 5.74) is 2.42. The summed E-state index contributed by atoms with van der Waals surface area (Å²) in [6, 6.07) is 10.6. The summed E-state index contributed by atoms with van der Waals surface area (Å²) in [6.07, 6.45) is 2.26. The Kier molecular flexibility index (Phi) is 5.25. The number of aromatic amines is 1. The number of benzene rings is 1. The molecule has 3 rings (SSSR count). The van der Waals surface area contributed by atoms with E-state index in [0.717, 1.165) is 16.3 Å². The number of hydrogen-bond acceptors (Lipinski definition) is 5. The molecule has 3 aromatic rings. The molecule has 0 spiro atoms. The van der Waals surface area contributed by atoms with Crippen LogP contribution in [-0.4, -0.2) is 35.5 Å². The third kappa shape index (κ3) is 3.77. The van der Waals surface area contributed by atoms with Crippen LogP contribution in [0.4, 0.5) is 0 Å². The van der Waals surface area contributed by atoms with Gasteiger partial charge in [0.05, 0.1) is 29.4 Å². The molecule has 0 atom stereocenters. The molecule has 128 valence electrons. The van der Waals surface area contributed by atoms with Crippen LogP contribution < -0.4 is 5.32 Å². The average molecular weight is 355 g/mol. The molecule has 0 unspecified atom stereocenters. The molecule has 0 aliphatic rings. The fourth-order valence-corrected chi connectivity index (χ4v) is 3.25. The lowest BCUT2D eigenvalue weighted by molar-refractivity contribution is 0.0596. The summed E-state index contributed by atoms with van der Waals surface area (Å²) in [7, 11) is 1.29. The molecule has 0 saturated carbocycles. The second-order valence-electron chi connectivity index (χ2n) is 5.25. The van der Waals surface area contributed by atoms with Crippen molar-refractivity contribution in [2.75, 3.05) is 13.7 Å². The third-order valence-corrected chi connectivity index (χ3v) is 4.59. The Balaban J connectivity index is 1.65. The van der Waals surface area contributed by atoms with E-state index in [2.05, 4.69) is 15.3 Å². The Hall–Kier alpha value is -2.93. The molecular formula is C18H17N3O3S. The maximum atomic E-state index is 12.4. The molecule has 0 fully saturated rings. The Labute approximate surface area is 148 Å². The van der Waals surface area contributed by atoms with Crippen molar-refractivity contribution >= 4 is 23.2 Å². The number of carbonyl (C=O) groups is 2. The highest BCUT2D eigenvalue weighted by Gasteiger charge is 2.17. The molecule has 0 bridgehead atoms. The van der Waals surface area contributed by atoms with E-state index in [-0.39, 0.29) is 11.5 Å². The quantitative estimate of drug-likeness (QED) is 0.666. The summed E-state index contributed by atoms with van der Waals surface area (Å²) >= 11 is 1.62. The van der Waals surface area contributed by atoms with Crippen LogP contribution in [-0.2, 0) is 11.2 Å². The molecule has 1 amide bonds. The highest BCUT2D eigenvalue weighted by Crippen LogP contribution is 2.25. The number of ether oxygens (including phenoxy) is 1. The van der Waals surface area contributed by atoms with Crippen LogP contribution in [0.25, 0.3) is 10.6 Å². The SMILES string of the molecule is COC(=O)c1ccccc1C(=O)NCCc1[nH]cnc1-c1cccs1. The number of carbonyl (C=O) groups excluding carboxylic acids is 2. The number of hydrogen-bond donors (Lipinski definition) is 2. The molecule has 25 heavy (non-hydrogen) atoms. The van der Waals surface area contributed by atoms with E-state index in [1.54, 1.807) is 41.9 Å². The molecular weight excluding hydrogens is 338 g/mol. The van der Waals surface area contributed by atoms with Gasteiger partial charge in [0, 0.05) is 18.7 Å². The number of H-pyrrole nitrogens is 1. The lowest BCUT2D eigenvalue weighted by Crippen LogP contribution is -2.27. The van der Waals surface area contributed by atoms with Gasteiger partial charge in [0.2, 0.25) is 0 Å². The molecule has 7 heteroatoms. The zero-order chi connectivity index (χ0) is 17.6. The minimum absolute atomic E-state index is 0.253. The number of methoxy groups -OCH3 is 1. The highest BCUT2D eigenvalue weighted by atomic mass is 32.1. The van der Waals surface area contributed by atoms with Crippen LogP contribution in [0.15, 0.2) is 48.1 Å². The van der Waals surface area contributed by atoms with Gasteiger partial charge in [0.25, 0.3) is 5.91 Å². The van der Waals surface area contributed by atoms with Gasteiger partial charge in [0.15, 0.2) is 0 Å². The monoisotopic (exact) mass is 355 g/mol. The van der Waals surface area contributed by atoms with Crippen LogP contribution >= 0.6 is 11.3 Å². The van der Waals surface area contributed by atoms with Crippen LogP contribution in [0.3, 0.4) is 0 Å². The summed E-state index contributed by atoms with van der Waals surface area (Å²) in [4.78, 5) is 32.7. The Morgan fingerprint density at radius 2 is 2.00 bits per heavy atom. The lowest BCUT2D eigenvalue weighted by atomic mass is 10.1. The van der Waals surface area contributed by atoms with Crippen molar-refractivity contribution in [3.8, 4) is 10.6 Å². The van der Waals surface area contributed by atoms with Crippen molar-refractivity contribution in [1.29, 1.82) is 0 Å². The summed E-state index contributed by atoms with van der Waals surface area (Å²) < 4.78 is 4.72. The minimum atomic E-state index is -0.528. The van der Waals surface area contributed by atoms with Crippen LogP contribution in [0.1, 0.15) is 26.4 Å². The van der Waals surface area contributed by atoms with Crippen molar-refractivity contribution in [2.45, 2.75) is 6.42 Å². The zero-order valence-corrected chi connectivity index (χ0v) is 14.4. The molecule has 0 radical (unpaired) electrons. The van der Waals surface area contributed by atoms with Crippen molar-refractivity contribution in [3.05, 3.63) is 64.9 Å². The van der Waals surface area contributed by atoms with Crippen molar-refractivity contribution in [3.63, 3.8) is 0 Å². The van der Waals surface area contributed by atoms with Crippen molar-refractivity contribution in [1.82, 2.24) is 15.3 Å². The van der Waals surface area contributed by atoms with Gasteiger partial charge >= 0.3 is 5.97 Å². The van der Waals surface area contributed by atoms with E-state index in [1.165, 1.54) is 7.11 Å². The molecule has 0 saturated heterocycles. The summed E-state index contributed by atoms with van der Waals surface area (Å²) in [6.45, 7) is 0.426. The number of amides is 1. The molecule has 0 aliphatic heterocycles. The molecule has 2 aromatic heterocycles. The van der Waals surface area contributed by atoms with Crippen LogP contribution in [0.2, 0.25) is 0 Å². The number of aromatic nitrogens is 2. The van der Waals surface area contributed by atoms with E-state index in [1.807, 2.05) is 17.5 Å². The molecule has 2 heterocycles. The first-order valence-corrected chi connectivity index (χ1v) is 8.60. The number of rotatable bonds is 6. The number of thiophene rings is 1. The zero-order valence-electron chi connectivity index (χ0n) is 13.6. The van der Waals surface area contributed by atoms with Gasteiger partial charge in [-0.15, -0.1) is 11.3 Å². The number of nitrogens with zero attached hydrogens (tertiary/aromatic N) is 1. The van der Waals surface area contributed by atoms with Gasteiger partial charge in [-0.1, -0.05) is 18.2 Å². The largest absolute Gasteiger partial charge is 0.465 e. The molecule has 1 aromatic carbocycles. The fraction of sp³-hybridized carbons (Fsp3) is 0.167. The third-order valence-electron chi connectivity index (χ3n) is 3.71. The second-order valence-corrected chi connectivity index (χ2v) is 6.20. The first-order valence-electron chi connectivity index (χ1n) is 7.72. The molecule has 0 aliphatic carbocycles. The predicted octanol–water partition coefficient (Wildman–Crippen LogP) is 2.90. The van der Waals surface area contributed by atoms with Crippen LogP contribution in [0.5, 0.6) is 0 Å². The molecule has 2 N–H and O–H groups in total. The average Bonchev–Trinajstić information content (AvgIpc) is 3.32. The number of imidazole rings is 1. The van der Waals surface area contributed by atoms with E-state index in [4.69, 9.17) is 4.74 Å². The first-order chi connectivity index (χ1) is 12.2. The maximum absolute atomic E-state index is 12.4. The summed E-state index contributed by atoms with van der Waals surface area (Å²) in [5.74, 6) is -0.836. The highest BCUT2D eigenvalue weighted by molar-refractivity contribution is 7.13. The minimum Gasteiger partial charge on any atom is -0.465 e. The standard InChI is InChI=1S/C18H17N3O3S/c1-24-18(23)13-6-3-2-5-12(13)17(22)19-9-8-14-16(21-11-20-14)15-7-4-10-25-15/h2-7,10-11H,8-9H2,1H3,(H,19,22)(H,20,21). The van der Waals surface area contributed by atoms with Gasteiger partial charge in [-0.2, -0.15) is 0 Å². The summed E-state index contributed by atoms with van der Waals surface area (Å²) in [5, 5.41) is 4.84. The van der Waals surface area contributed by atoms with Crippen molar-refractivity contribution in [2.24, 2.45) is 0 Å². The smallest absolute Gasteiger partial charge is 0.338 e. The van der Waals surface area contributed by atoms with Crippen molar-refractivity contribution < 1.29 is 14.3 Å². The van der Waals surface area contributed by atoms with E-state index in [0.29, 0.717) is 18.5 Å². The van der Waals surface area contributed by atoms with Gasteiger partial charge < -0.3 is 15.0 Å². The topological polar surface area (TPSA) is 84.1 Å². The van der Waals surface area contributed by atoms with Gasteiger partial charge in [-0.25, -0.2) is 9.78 Å². The van der Waals surface area contributed by atoms with E-state index >= 15 is 0 Å². The van der Waals surface area contributed by atoms with Gasteiger partial charge in [-0.05, 0) is 23.6 Å². The van der Waals surface area contributed by atoms with Crippen LogP contribution in [0, 0.1) is 0 Å². The maximum Gasteiger partial charge on any atom is 0.338 e. The number of nitrogens with one attached hydrogen (secondary N) is 2.